The smallest absolute Gasteiger partial charge is 0.241 e. The first-order valence-corrected chi connectivity index (χ1v) is 9.05. The summed E-state index contributed by atoms with van der Waals surface area (Å²) in [6.45, 7) is 0.644. The molecule has 0 unspecified atom stereocenters. The van der Waals surface area contributed by atoms with E-state index in [1.165, 1.54) is 22.7 Å². The van der Waals surface area contributed by atoms with Gasteiger partial charge >= 0.3 is 0 Å². The zero-order valence-electron chi connectivity index (χ0n) is 9.22. The molecule has 0 aliphatic rings. The number of nitrogens with two attached hydrogens (primary N) is 1. The standard InChI is InChI=1S/C10H11BrN2O2S3/c11-9-1-2-16-10(9)5-13-18(14,15)8-3-7(4-12)17-6-8/h1-3,6,13H,4-5,12H2. The number of nitrogens with one attached hydrogen (secondary N) is 1. The van der Waals surface area contributed by atoms with Gasteiger partial charge < -0.3 is 5.73 Å². The molecule has 0 spiro atoms. The summed E-state index contributed by atoms with van der Waals surface area (Å²) >= 11 is 6.22. The fourth-order valence-corrected chi connectivity index (χ4v) is 4.98. The van der Waals surface area contributed by atoms with E-state index in [2.05, 4.69) is 20.7 Å². The molecule has 2 rings (SSSR count). The molecule has 0 saturated carbocycles. The molecule has 98 valence electrons. The Morgan fingerprint density at radius 1 is 1.39 bits per heavy atom. The van der Waals surface area contributed by atoms with Gasteiger partial charge in [-0.15, -0.1) is 22.7 Å². The molecule has 3 N–H and O–H groups in total. The van der Waals surface area contributed by atoms with Crippen molar-refractivity contribution in [3.05, 3.63) is 37.1 Å². The first-order chi connectivity index (χ1) is 8.53. The highest BCUT2D eigenvalue weighted by Crippen LogP contribution is 2.23. The molecule has 0 aliphatic heterocycles. The lowest BCUT2D eigenvalue weighted by Gasteiger charge is -2.03. The van der Waals surface area contributed by atoms with Gasteiger partial charge in [0.2, 0.25) is 10.0 Å². The Bertz CT molecular complexity index is 633. The Balaban J connectivity index is 2.10. The SMILES string of the molecule is NCc1cc(S(=O)(=O)NCc2sccc2Br)cs1. The average molecular weight is 367 g/mol. The van der Waals surface area contributed by atoms with Crippen LogP contribution in [0, 0.1) is 0 Å². The van der Waals surface area contributed by atoms with Gasteiger partial charge in [-0.3, -0.25) is 0 Å². The first kappa shape index (κ1) is 14.2. The van der Waals surface area contributed by atoms with E-state index in [4.69, 9.17) is 5.73 Å². The summed E-state index contributed by atoms with van der Waals surface area (Å²) in [4.78, 5) is 2.08. The van der Waals surface area contributed by atoms with Gasteiger partial charge in [0.15, 0.2) is 0 Å². The van der Waals surface area contributed by atoms with Crippen molar-refractivity contribution < 1.29 is 8.42 Å². The van der Waals surface area contributed by atoms with Gasteiger partial charge in [0.05, 0.1) is 4.90 Å². The minimum absolute atomic E-state index is 0.278. The molecule has 0 amide bonds. The first-order valence-electron chi connectivity index (χ1n) is 5.02. The van der Waals surface area contributed by atoms with E-state index in [9.17, 15) is 8.42 Å². The fraction of sp³-hybridized carbons (Fsp3) is 0.200. The summed E-state index contributed by atoms with van der Waals surface area (Å²) in [6.07, 6.45) is 0. The highest BCUT2D eigenvalue weighted by molar-refractivity contribution is 9.10. The number of sulfonamides is 1. The molecule has 4 nitrogen and oxygen atoms in total. The number of hydrogen-bond donors (Lipinski definition) is 2. The normalized spacial score (nSPS) is 11.9. The molecule has 2 aromatic rings. The Labute approximate surface area is 122 Å². The largest absolute Gasteiger partial charge is 0.326 e. The molecule has 0 aromatic carbocycles. The van der Waals surface area contributed by atoms with E-state index in [1.807, 2.05) is 11.4 Å². The molecule has 8 heteroatoms. The van der Waals surface area contributed by atoms with Crippen LogP contribution in [0.15, 0.2) is 32.3 Å². The van der Waals surface area contributed by atoms with Crippen molar-refractivity contribution in [3.8, 4) is 0 Å². The van der Waals surface area contributed by atoms with Crippen LogP contribution in [0.2, 0.25) is 0 Å². The molecule has 2 aromatic heterocycles. The Hall–Kier alpha value is -0.250. The van der Waals surface area contributed by atoms with Crippen LogP contribution in [0.3, 0.4) is 0 Å². The van der Waals surface area contributed by atoms with Gasteiger partial charge in [-0.1, -0.05) is 0 Å². The van der Waals surface area contributed by atoms with E-state index in [1.54, 1.807) is 11.4 Å². The lowest BCUT2D eigenvalue weighted by molar-refractivity contribution is 0.582. The van der Waals surface area contributed by atoms with Crippen LogP contribution < -0.4 is 10.5 Å². The molecule has 18 heavy (non-hydrogen) atoms. The number of thiophene rings is 2. The fourth-order valence-electron chi connectivity index (χ4n) is 1.30. The van der Waals surface area contributed by atoms with Crippen LogP contribution in [-0.4, -0.2) is 8.42 Å². The minimum Gasteiger partial charge on any atom is -0.326 e. The van der Waals surface area contributed by atoms with Crippen molar-refractivity contribution in [1.82, 2.24) is 4.72 Å². The molecular formula is C10H11BrN2O2S3. The highest BCUT2D eigenvalue weighted by atomic mass is 79.9. The van der Waals surface area contributed by atoms with Crippen molar-refractivity contribution >= 4 is 48.6 Å². The van der Waals surface area contributed by atoms with Gasteiger partial charge in [0.25, 0.3) is 0 Å². The van der Waals surface area contributed by atoms with Crippen molar-refractivity contribution in [2.75, 3.05) is 0 Å². The Morgan fingerprint density at radius 3 is 2.72 bits per heavy atom. The minimum atomic E-state index is -3.45. The van der Waals surface area contributed by atoms with Gasteiger partial charge in [0, 0.05) is 32.7 Å². The van der Waals surface area contributed by atoms with E-state index in [0.29, 0.717) is 6.54 Å². The van der Waals surface area contributed by atoms with Crippen LogP contribution in [0.4, 0.5) is 0 Å². The number of rotatable bonds is 5. The van der Waals surface area contributed by atoms with Crippen LogP contribution >= 0.6 is 38.6 Å². The van der Waals surface area contributed by atoms with Gasteiger partial charge in [-0.25, -0.2) is 13.1 Å². The molecule has 0 saturated heterocycles. The summed E-state index contributed by atoms with van der Waals surface area (Å²) < 4.78 is 27.5. The van der Waals surface area contributed by atoms with Gasteiger partial charge in [-0.2, -0.15) is 0 Å². The molecule has 0 bridgehead atoms. The summed E-state index contributed by atoms with van der Waals surface area (Å²) in [5.41, 5.74) is 5.47. The second-order valence-electron chi connectivity index (χ2n) is 3.47. The maximum absolute atomic E-state index is 12.0. The molecule has 0 fully saturated rings. The Kier molecular flexibility index (Phi) is 4.57. The molecule has 2 heterocycles. The topological polar surface area (TPSA) is 72.2 Å². The third kappa shape index (κ3) is 3.19. The number of halogens is 1. The molecule has 0 aliphatic carbocycles. The lowest BCUT2D eigenvalue weighted by Crippen LogP contribution is -2.22. The summed E-state index contributed by atoms with van der Waals surface area (Å²) in [7, 11) is -3.45. The maximum Gasteiger partial charge on any atom is 0.241 e. The van der Waals surface area contributed by atoms with Crippen molar-refractivity contribution in [1.29, 1.82) is 0 Å². The van der Waals surface area contributed by atoms with Crippen molar-refractivity contribution in [3.63, 3.8) is 0 Å². The predicted octanol–water partition coefficient (Wildman–Crippen LogP) is 2.51. The molecular weight excluding hydrogens is 356 g/mol. The predicted molar refractivity (Wildman–Crippen MR) is 78.3 cm³/mol. The second kappa shape index (κ2) is 5.81. The highest BCUT2D eigenvalue weighted by Gasteiger charge is 2.16. The lowest BCUT2D eigenvalue weighted by atomic mass is 10.5. The maximum atomic E-state index is 12.0. The zero-order chi connectivity index (χ0) is 13.2. The zero-order valence-corrected chi connectivity index (χ0v) is 13.3. The Morgan fingerprint density at radius 2 is 2.17 bits per heavy atom. The van der Waals surface area contributed by atoms with E-state index in [0.717, 1.165) is 14.2 Å². The van der Waals surface area contributed by atoms with Crippen LogP contribution in [0.5, 0.6) is 0 Å². The molecule has 0 radical (unpaired) electrons. The van der Waals surface area contributed by atoms with Crippen LogP contribution in [0.25, 0.3) is 0 Å². The summed E-state index contributed by atoms with van der Waals surface area (Å²) in [5.74, 6) is 0. The average Bonchev–Trinajstić information content (AvgIpc) is 2.95. The third-order valence-electron chi connectivity index (χ3n) is 2.25. The quantitative estimate of drug-likeness (QED) is 0.853. The summed E-state index contributed by atoms with van der Waals surface area (Å²) in [6, 6.07) is 3.50. The van der Waals surface area contributed by atoms with E-state index < -0.39 is 10.0 Å². The van der Waals surface area contributed by atoms with Gasteiger partial charge in [-0.05, 0) is 33.4 Å². The summed E-state index contributed by atoms with van der Waals surface area (Å²) in [5, 5.41) is 3.51. The third-order valence-corrected chi connectivity index (χ3v) is 6.67. The number of hydrogen-bond acceptors (Lipinski definition) is 5. The second-order valence-corrected chi connectivity index (χ2v) is 8.09. The van der Waals surface area contributed by atoms with E-state index in [-0.39, 0.29) is 11.4 Å². The monoisotopic (exact) mass is 366 g/mol. The van der Waals surface area contributed by atoms with E-state index >= 15 is 0 Å². The van der Waals surface area contributed by atoms with Crippen molar-refractivity contribution in [2.24, 2.45) is 5.73 Å². The van der Waals surface area contributed by atoms with Crippen LogP contribution in [-0.2, 0) is 23.1 Å². The van der Waals surface area contributed by atoms with Crippen molar-refractivity contribution in [2.45, 2.75) is 18.0 Å². The van der Waals surface area contributed by atoms with Gasteiger partial charge in [0.1, 0.15) is 0 Å². The molecule has 0 atom stereocenters. The van der Waals surface area contributed by atoms with Crippen LogP contribution in [0.1, 0.15) is 9.75 Å².